The zero-order chi connectivity index (χ0) is 9.10. The van der Waals surface area contributed by atoms with Crippen LogP contribution < -0.4 is 5.90 Å². The minimum Gasteiger partial charge on any atom is -0.376 e. The summed E-state index contributed by atoms with van der Waals surface area (Å²) >= 11 is 0. The SMILES string of the molecule is NOCc1ccc2c(c1)COCC2. The molecule has 0 spiro atoms. The Labute approximate surface area is 77.4 Å². The second kappa shape index (κ2) is 3.87. The zero-order valence-electron chi connectivity index (χ0n) is 7.45. The molecule has 1 aliphatic heterocycles. The first kappa shape index (κ1) is 8.69. The number of hydrogen-bond donors (Lipinski definition) is 1. The molecular weight excluding hydrogens is 166 g/mol. The van der Waals surface area contributed by atoms with Crippen molar-refractivity contribution in [1.82, 2.24) is 0 Å². The lowest BCUT2D eigenvalue weighted by molar-refractivity contribution is 0.109. The zero-order valence-corrected chi connectivity index (χ0v) is 7.45. The fraction of sp³-hybridized carbons (Fsp3) is 0.400. The van der Waals surface area contributed by atoms with Crippen LogP contribution in [0.5, 0.6) is 0 Å². The lowest BCUT2D eigenvalue weighted by atomic mass is 10.0. The lowest BCUT2D eigenvalue weighted by Crippen LogP contribution is -2.10. The van der Waals surface area contributed by atoms with Crippen molar-refractivity contribution in [3.05, 3.63) is 34.9 Å². The van der Waals surface area contributed by atoms with Gasteiger partial charge in [0.2, 0.25) is 0 Å². The Morgan fingerprint density at radius 1 is 1.38 bits per heavy atom. The average molecular weight is 179 g/mol. The molecule has 0 bridgehead atoms. The monoisotopic (exact) mass is 179 g/mol. The highest BCUT2D eigenvalue weighted by atomic mass is 16.6. The van der Waals surface area contributed by atoms with Crippen LogP contribution in [0.2, 0.25) is 0 Å². The van der Waals surface area contributed by atoms with E-state index < -0.39 is 0 Å². The Bertz CT molecular complexity index is 299. The van der Waals surface area contributed by atoms with Gasteiger partial charge in [-0.15, -0.1) is 0 Å². The maximum atomic E-state index is 5.36. The van der Waals surface area contributed by atoms with E-state index in [9.17, 15) is 0 Å². The van der Waals surface area contributed by atoms with E-state index in [0.29, 0.717) is 13.2 Å². The molecule has 13 heavy (non-hydrogen) atoms. The van der Waals surface area contributed by atoms with Gasteiger partial charge < -0.3 is 4.74 Å². The van der Waals surface area contributed by atoms with Crippen LogP contribution in [0.3, 0.4) is 0 Å². The molecule has 0 saturated heterocycles. The minimum absolute atomic E-state index is 0.466. The lowest BCUT2D eigenvalue weighted by Gasteiger charge is -2.16. The third kappa shape index (κ3) is 1.88. The van der Waals surface area contributed by atoms with Crippen molar-refractivity contribution in [3.8, 4) is 0 Å². The minimum atomic E-state index is 0.466. The van der Waals surface area contributed by atoms with E-state index in [2.05, 4.69) is 23.0 Å². The molecule has 0 saturated carbocycles. The molecule has 1 aromatic rings. The van der Waals surface area contributed by atoms with Crippen LogP contribution in [0.15, 0.2) is 18.2 Å². The maximum absolute atomic E-state index is 5.36. The van der Waals surface area contributed by atoms with E-state index >= 15 is 0 Å². The van der Waals surface area contributed by atoms with Gasteiger partial charge in [-0.3, -0.25) is 4.84 Å². The van der Waals surface area contributed by atoms with Gasteiger partial charge in [-0.25, -0.2) is 5.90 Å². The van der Waals surface area contributed by atoms with Gasteiger partial charge in [-0.05, 0) is 23.1 Å². The molecule has 1 aromatic carbocycles. The van der Waals surface area contributed by atoms with E-state index in [0.717, 1.165) is 18.6 Å². The number of hydrogen-bond acceptors (Lipinski definition) is 3. The molecule has 0 aromatic heterocycles. The van der Waals surface area contributed by atoms with Crippen molar-refractivity contribution in [2.24, 2.45) is 5.90 Å². The van der Waals surface area contributed by atoms with Crippen molar-refractivity contribution in [2.45, 2.75) is 19.6 Å². The summed E-state index contributed by atoms with van der Waals surface area (Å²) in [7, 11) is 0. The number of benzene rings is 1. The predicted molar refractivity (Wildman–Crippen MR) is 48.8 cm³/mol. The summed E-state index contributed by atoms with van der Waals surface area (Å²) in [5.74, 6) is 5.01. The molecule has 2 N–H and O–H groups in total. The predicted octanol–water partition coefficient (Wildman–Crippen LogP) is 1.15. The molecule has 1 aliphatic rings. The number of nitrogens with two attached hydrogens (primary N) is 1. The molecule has 3 nitrogen and oxygen atoms in total. The number of ether oxygens (including phenoxy) is 1. The van der Waals surface area contributed by atoms with Crippen LogP contribution in [0.4, 0.5) is 0 Å². The summed E-state index contributed by atoms with van der Waals surface area (Å²) in [4.78, 5) is 4.58. The number of fused-ring (bicyclic) bond motifs is 1. The smallest absolute Gasteiger partial charge is 0.0930 e. The van der Waals surface area contributed by atoms with Crippen molar-refractivity contribution in [2.75, 3.05) is 6.61 Å². The molecule has 1 heterocycles. The fourth-order valence-corrected chi connectivity index (χ4v) is 1.61. The molecule has 2 rings (SSSR count). The van der Waals surface area contributed by atoms with Gasteiger partial charge in [-0.1, -0.05) is 18.2 Å². The van der Waals surface area contributed by atoms with Crippen LogP contribution in [0.1, 0.15) is 16.7 Å². The summed E-state index contributed by atoms with van der Waals surface area (Å²) in [5, 5.41) is 0. The summed E-state index contributed by atoms with van der Waals surface area (Å²) in [6.07, 6.45) is 1.01. The van der Waals surface area contributed by atoms with Crippen molar-refractivity contribution in [1.29, 1.82) is 0 Å². The third-order valence-electron chi connectivity index (χ3n) is 2.29. The standard InChI is InChI=1S/C10H13NO2/c11-13-6-8-1-2-9-3-4-12-7-10(9)5-8/h1-2,5H,3-4,6-7,11H2. The van der Waals surface area contributed by atoms with Crippen LogP contribution >= 0.6 is 0 Å². The molecule has 0 fully saturated rings. The second-order valence-corrected chi connectivity index (χ2v) is 3.22. The van der Waals surface area contributed by atoms with Gasteiger partial charge in [-0.2, -0.15) is 0 Å². The Balaban J connectivity index is 2.24. The molecule has 0 aliphatic carbocycles. The first-order valence-electron chi connectivity index (χ1n) is 4.40. The topological polar surface area (TPSA) is 44.5 Å². The van der Waals surface area contributed by atoms with Gasteiger partial charge in [0.25, 0.3) is 0 Å². The van der Waals surface area contributed by atoms with E-state index in [1.807, 2.05) is 0 Å². The molecular formula is C10H13NO2. The Hall–Kier alpha value is -0.900. The Morgan fingerprint density at radius 2 is 2.31 bits per heavy atom. The summed E-state index contributed by atoms with van der Waals surface area (Å²) in [6.45, 7) is 2.01. The molecule has 0 radical (unpaired) electrons. The molecule has 70 valence electrons. The summed E-state index contributed by atoms with van der Waals surface area (Å²) in [5.41, 5.74) is 3.75. The third-order valence-corrected chi connectivity index (χ3v) is 2.29. The largest absolute Gasteiger partial charge is 0.376 e. The summed E-state index contributed by atoms with van der Waals surface area (Å²) in [6, 6.07) is 6.28. The second-order valence-electron chi connectivity index (χ2n) is 3.22. The van der Waals surface area contributed by atoms with Crippen molar-refractivity contribution >= 4 is 0 Å². The molecule has 3 heteroatoms. The average Bonchev–Trinajstić information content (AvgIpc) is 2.18. The van der Waals surface area contributed by atoms with Crippen molar-refractivity contribution < 1.29 is 9.57 Å². The van der Waals surface area contributed by atoms with E-state index in [1.165, 1.54) is 11.1 Å². The van der Waals surface area contributed by atoms with Crippen LogP contribution in [0, 0.1) is 0 Å². The van der Waals surface area contributed by atoms with E-state index in [1.54, 1.807) is 0 Å². The highest BCUT2D eigenvalue weighted by Crippen LogP contribution is 2.18. The first-order chi connectivity index (χ1) is 6.40. The van der Waals surface area contributed by atoms with Gasteiger partial charge in [0.1, 0.15) is 0 Å². The normalized spacial score (nSPS) is 15.5. The quantitative estimate of drug-likeness (QED) is 0.692. The molecule has 0 amide bonds. The van der Waals surface area contributed by atoms with Crippen LogP contribution in [-0.2, 0) is 29.2 Å². The van der Waals surface area contributed by atoms with Gasteiger partial charge in [0, 0.05) is 0 Å². The van der Waals surface area contributed by atoms with E-state index in [4.69, 9.17) is 10.6 Å². The molecule has 0 unspecified atom stereocenters. The molecule has 0 atom stereocenters. The van der Waals surface area contributed by atoms with Crippen LogP contribution in [-0.4, -0.2) is 6.61 Å². The fourth-order valence-electron chi connectivity index (χ4n) is 1.61. The maximum Gasteiger partial charge on any atom is 0.0930 e. The first-order valence-corrected chi connectivity index (χ1v) is 4.40. The van der Waals surface area contributed by atoms with Gasteiger partial charge >= 0.3 is 0 Å². The van der Waals surface area contributed by atoms with Gasteiger partial charge in [0.15, 0.2) is 0 Å². The van der Waals surface area contributed by atoms with E-state index in [-0.39, 0.29) is 0 Å². The number of rotatable bonds is 2. The summed E-state index contributed by atoms with van der Waals surface area (Å²) < 4.78 is 5.36. The van der Waals surface area contributed by atoms with Crippen LogP contribution in [0.25, 0.3) is 0 Å². The highest BCUT2D eigenvalue weighted by molar-refractivity contribution is 5.32. The highest BCUT2D eigenvalue weighted by Gasteiger charge is 2.09. The van der Waals surface area contributed by atoms with Crippen molar-refractivity contribution in [3.63, 3.8) is 0 Å². The van der Waals surface area contributed by atoms with Gasteiger partial charge in [0.05, 0.1) is 19.8 Å². The Kier molecular flexibility index (Phi) is 2.59. The Morgan fingerprint density at radius 3 is 3.15 bits per heavy atom.